The quantitative estimate of drug-likeness (QED) is 0.467. The molecular formula is C7H10N4O2S. The molecule has 7 heteroatoms. The van der Waals surface area contributed by atoms with E-state index in [-0.39, 0.29) is 10.8 Å². The van der Waals surface area contributed by atoms with Gasteiger partial charge in [0.05, 0.1) is 5.25 Å². The molecule has 1 aliphatic rings. The summed E-state index contributed by atoms with van der Waals surface area (Å²) in [5, 5.41) is 12.7. The molecule has 0 bridgehead atoms. The van der Waals surface area contributed by atoms with Crippen LogP contribution in [0.15, 0.2) is 10.7 Å². The lowest BCUT2D eigenvalue weighted by Crippen LogP contribution is -2.64. The van der Waals surface area contributed by atoms with E-state index in [1.54, 1.807) is 11.8 Å². The molecule has 1 fully saturated rings. The Bertz CT molecular complexity index is 374. The maximum Gasteiger partial charge on any atom is 0.286 e. The first-order valence-electron chi connectivity index (χ1n) is 4.22. The van der Waals surface area contributed by atoms with Crippen molar-refractivity contribution in [1.82, 2.24) is 5.27 Å². The van der Waals surface area contributed by atoms with Gasteiger partial charge in [0.25, 0.3) is 11.8 Å². The van der Waals surface area contributed by atoms with Gasteiger partial charge in [-0.15, -0.1) is 0 Å². The van der Waals surface area contributed by atoms with E-state index < -0.39 is 0 Å². The van der Waals surface area contributed by atoms with Gasteiger partial charge in [-0.05, 0) is 11.0 Å². The predicted octanol–water partition coefficient (Wildman–Crippen LogP) is -1.74. The predicted molar refractivity (Wildman–Crippen MR) is 48.3 cm³/mol. The highest BCUT2D eigenvalue weighted by Crippen LogP contribution is 2.13. The first-order chi connectivity index (χ1) is 6.79. The number of nitrogens with zero attached hydrogens (tertiary/aromatic N) is 3. The number of rotatable bonds is 2. The van der Waals surface area contributed by atoms with Gasteiger partial charge in [0.1, 0.15) is 6.29 Å². The van der Waals surface area contributed by atoms with Crippen molar-refractivity contribution in [3.8, 4) is 0 Å². The summed E-state index contributed by atoms with van der Waals surface area (Å²) in [6.07, 6.45) is 2.43. The molecule has 2 heterocycles. The third-order valence-electron chi connectivity index (χ3n) is 1.97. The zero-order valence-corrected chi connectivity index (χ0v) is 8.24. The molecule has 1 unspecified atom stereocenters. The summed E-state index contributed by atoms with van der Waals surface area (Å²) < 4.78 is 4.63. The molecule has 0 aromatic carbocycles. The van der Waals surface area contributed by atoms with Gasteiger partial charge in [-0.1, -0.05) is 4.79 Å². The van der Waals surface area contributed by atoms with Crippen LogP contribution in [0, 0.1) is 5.41 Å². The van der Waals surface area contributed by atoms with Crippen molar-refractivity contribution in [2.24, 2.45) is 0 Å². The van der Waals surface area contributed by atoms with Gasteiger partial charge in [0.2, 0.25) is 0 Å². The van der Waals surface area contributed by atoms with Crippen molar-refractivity contribution < 1.29 is 14.1 Å². The van der Waals surface area contributed by atoms with Crippen molar-refractivity contribution in [2.45, 2.75) is 5.25 Å². The van der Waals surface area contributed by atoms with Crippen LogP contribution in [0.4, 0.5) is 0 Å². The lowest BCUT2D eigenvalue weighted by atomic mass is 10.4. The Morgan fingerprint density at radius 1 is 1.86 bits per heavy atom. The third kappa shape index (κ3) is 1.82. The Kier molecular flexibility index (Phi) is 2.58. The summed E-state index contributed by atoms with van der Waals surface area (Å²) in [5.74, 6) is 0.886. The standard InChI is InChI=1S/C7H10N4O2S/c8-7-4-11(9-13-7)10-1-2-14-6(3-10)5-12/h4-6,8H,1-3H2. The van der Waals surface area contributed by atoms with E-state index >= 15 is 0 Å². The molecule has 1 atom stereocenters. The summed E-state index contributed by atoms with van der Waals surface area (Å²) in [4.78, 5) is 12.1. The van der Waals surface area contributed by atoms with Crippen LogP contribution in [0.3, 0.4) is 0 Å². The largest absolute Gasteiger partial charge is 0.380 e. The Labute approximate surface area is 84.3 Å². The van der Waals surface area contributed by atoms with Gasteiger partial charge in [-0.3, -0.25) is 10.4 Å². The molecular weight excluding hydrogens is 204 g/mol. The molecule has 0 saturated carbocycles. The third-order valence-corrected chi connectivity index (χ3v) is 3.08. The van der Waals surface area contributed by atoms with E-state index in [1.807, 2.05) is 5.01 Å². The molecule has 1 N–H and O–H groups in total. The summed E-state index contributed by atoms with van der Waals surface area (Å²) >= 11 is 1.64. The lowest BCUT2D eigenvalue weighted by Gasteiger charge is -2.29. The maximum absolute atomic E-state index is 10.6. The molecule has 1 aromatic heterocycles. The van der Waals surface area contributed by atoms with Crippen LogP contribution in [0.2, 0.25) is 0 Å². The fourth-order valence-electron chi connectivity index (χ4n) is 1.30. The Hall–Kier alpha value is -1.24. The molecule has 0 aliphatic carbocycles. The minimum absolute atomic E-state index is 0.0119. The van der Waals surface area contributed by atoms with Crippen molar-refractivity contribution in [3.63, 3.8) is 0 Å². The Morgan fingerprint density at radius 2 is 2.71 bits per heavy atom. The average Bonchev–Trinajstić information content (AvgIpc) is 2.65. The Morgan fingerprint density at radius 3 is 3.36 bits per heavy atom. The van der Waals surface area contributed by atoms with Crippen LogP contribution in [0.5, 0.6) is 0 Å². The van der Waals surface area contributed by atoms with Gasteiger partial charge in [-0.2, -0.15) is 11.8 Å². The summed E-state index contributed by atoms with van der Waals surface area (Å²) in [7, 11) is 0. The van der Waals surface area contributed by atoms with Crippen molar-refractivity contribution in [3.05, 3.63) is 11.8 Å². The van der Waals surface area contributed by atoms with Gasteiger partial charge in [0, 0.05) is 13.1 Å². The molecule has 1 aromatic rings. The Balaban J connectivity index is 2.11. The van der Waals surface area contributed by atoms with Gasteiger partial charge >= 0.3 is 0 Å². The van der Waals surface area contributed by atoms with E-state index in [2.05, 4.69) is 9.79 Å². The summed E-state index contributed by atoms with van der Waals surface area (Å²) in [6, 6.07) is 0. The zero-order chi connectivity index (χ0) is 9.97. The van der Waals surface area contributed by atoms with Crippen LogP contribution < -0.4 is 20.6 Å². The minimum atomic E-state index is -0.0119. The molecule has 1 saturated heterocycles. The number of aldehydes is 1. The maximum atomic E-state index is 10.6. The second-order valence-corrected chi connectivity index (χ2v) is 4.29. The molecule has 76 valence electrons. The van der Waals surface area contributed by atoms with E-state index in [1.165, 1.54) is 11.0 Å². The van der Waals surface area contributed by atoms with E-state index in [0.717, 1.165) is 18.6 Å². The number of aromatic nitrogens is 2. The number of nitrogens with one attached hydrogen (secondary N) is 1. The second-order valence-electron chi connectivity index (χ2n) is 2.94. The molecule has 0 amide bonds. The number of hydrogen-bond acceptors (Lipinski definition) is 5. The van der Waals surface area contributed by atoms with E-state index in [9.17, 15) is 4.79 Å². The number of carbonyl (C=O) groups excluding carboxylic acids is 1. The number of thioether (sulfide) groups is 1. The van der Waals surface area contributed by atoms with Crippen LogP contribution in [0.25, 0.3) is 0 Å². The van der Waals surface area contributed by atoms with Crippen molar-refractivity contribution in [1.29, 1.82) is 5.41 Å². The highest BCUT2D eigenvalue weighted by molar-refractivity contribution is 8.00. The number of carbonyl (C=O) groups is 1. The molecule has 6 nitrogen and oxygen atoms in total. The van der Waals surface area contributed by atoms with Crippen LogP contribution in [-0.2, 0) is 4.79 Å². The van der Waals surface area contributed by atoms with E-state index in [4.69, 9.17) is 5.41 Å². The highest BCUT2D eigenvalue weighted by atomic mass is 32.2. The van der Waals surface area contributed by atoms with Crippen LogP contribution >= 0.6 is 11.8 Å². The highest BCUT2D eigenvalue weighted by Gasteiger charge is 2.20. The fourth-order valence-corrected chi connectivity index (χ4v) is 2.28. The topological polar surface area (TPSA) is 75.3 Å². The SMILES string of the molecule is N=c1c[n+](N2CCSC(C=O)C2)[n-]o1. The fraction of sp³-hybridized carbons (Fsp3) is 0.571. The monoisotopic (exact) mass is 214 g/mol. The van der Waals surface area contributed by atoms with Gasteiger partial charge in [0.15, 0.2) is 0 Å². The molecule has 0 radical (unpaired) electrons. The van der Waals surface area contributed by atoms with Crippen LogP contribution in [-0.4, -0.2) is 30.4 Å². The van der Waals surface area contributed by atoms with Crippen molar-refractivity contribution in [2.75, 3.05) is 23.9 Å². The summed E-state index contributed by atoms with van der Waals surface area (Å²) in [6.45, 7) is 1.43. The normalized spacial score (nSPS) is 22.3. The zero-order valence-electron chi connectivity index (χ0n) is 7.42. The van der Waals surface area contributed by atoms with Gasteiger partial charge < -0.3 is 9.32 Å². The van der Waals surface area contributed by atoms with Gasteiger partial charge in [-0.25, -0.2) is 0 Å². The van der Waals surface area contributed by atoms with E-state index in [0.29, 0.717) is 6.54 Å². The molecule has 1 aliphatic heterocycles. The number of hydrogen-bond donors (Lipinski definition) is 1. The average molecular weight is 214 g/mol. The molecule has 14 heavy (non-hydrogen) atoms. The molecule has 0 spiro atoms. The lowest BCUT2D eigenvalue weighted by molar-refractivity contribution is -0.763. The second kappa shape index (κ2) is 3.87. The minimum Gasteiger partial charge on any atom is -0.380 e. The molecule has 2 rings (SSSR count). The first kappa shape index (κ1) is 9.32. The van der Waals surface area contributed by atoms with Crippen molar-refractivity contribution >= 4 is 18.0 Å². The smallest absolute Gasteiger partial charge is 0.286 e. The summed E-state index contributed by atoms with van der Waals surface area (Å²) in [5.41, 5.74) is 0.0193. The van der Waals surface area contributed by atoms with Crippen LogP contribution in [0.1, 0.15) is 0 Å². The first-order valence-corrected chi connectivity index (χ1v) is 5.27.